The Morgan fingerprint density at radius 1 is 1.12 bits per heavy atom. The number of nitrogens with zero attached hydrogens (tertiary/aromatic N) is 1. The van der Waals surface area contributed by atoms with Crippen molar-refractivity contribution in [2.75, 3.05) is 12.0 Å². The molecular weight excluding hydrogens is 332 g/mol. The van der Waals surface area contributed by atoms with Gasteiger partial charge in [0.15, 0.2) is 5.11 Å². The van der Waals surface area contributed by atoms with Gasteiger partial charge < -0.3 is 10.1 Å². The van der Waals surface area contributed by atoms with E-state index >= 15 is 0 Å². The van der Waals surface area contributed by atoms with E-state index in [9.17, 15) is 4.79 Å². The van der Waals surface area contributed by atoms with Crippen LogP contribution >= 0.6 is 12.2 Å². The van der Waals surface area contributed by atoms with Gasteiger partial charge in [0.25, 0.3) is 0 Å². The third-order valence-corrected chi connectivity index (χ3v) is 4.58. The molecule has 0 unspecified atom stereocenters. The van der Waals surface area contributed by atoms with Gasteiger partial charge in [-0.15, -0.1) is 0 Å². The van der Waals surface area contributed by atoms with Gasteiger partial charge in [-0.25, -0.2) is 4.79 Å². The first-order chi connectivity index (χ1) is 12.0. The monoisotopic (exact) mass is 352 g/mol. The summed E-state index contributed by atoms with van der Waals surface area (Å²) in [4.78, 5) is 14.4. The van der Waals surface area contributed by atoms with Crippen molar-refractivity contribution in [3.63, 3.8) is 0 Å². The summed E-state index contributed by atoms with van der Waals surface area (Å²) >= 11 is 5.61. The topological polar surface area (TPSA) is 41.6 Å². The zero-order valence-corrected chi connectivity index (χ0v) is 15.3. The van der Waals surface area contributed by atoms with Crippen molar-refractivity contribution in [2.45, 2.75) is 19.9 Å². The zero-order valence-electron chi connectivity index (χ0n) is 14.4. The highest BCUT2D eigenvalue weighted by Gasteiger charge is 2.35. The SMILES string of the molecule is COC(=O)C1=C(C)N(c2cccc(C)c2)C(=S)N[C@H]1c1ccccc1. The van der Waals surface area contributed by atoms with Gasteiger partial charge in [0.1, 0.15) is 0 Å². The molecule has 0 aromatic heterocycles. The van der Waals surface area contributed by atoms with Crippen LogP contribution in [0, 0.1) is 6.92 Å². The third-order valence-electron chi connectivity index (χ3n) is 4.28. The van der Waals surface area contributed by atoms with E-state index in [1.165, 1.54) is 7.11 Å². The molecule has 0 radical (unpaired) electrons. The summed E-state index contributed by atoms with van der Waals surface area (Å²) in [6.07, 6.45) is 0. The lowest BCUT2D eigenvalue weighted by Crippen LogP contribution is -2.48. The number of carbonyl (C=O) groups is 1. The van der Waals surface area contributed by atoms with Crippen molar-refractivity contribution in [1.82, 2.24) is 5.32 Å². The molecule has 1 aliphatic rings. The molecule has 4 nitrogen and oxygen atoms in total. The van der Waals surface area contributed by atoms with Gasteiger partial charge >= 0.3 is 5.97 Å². The second-order valence-corrected chi connectivity index (χ2v) is 6.34. The van der Waals surface area contributed by atoms with Crippen molar-refractivity contribution in [2.24, 2.45) is 0 Å². The van der Waals surface area contributed by atoms with Crippen LogP contribution in [-0.4, -0.2) is 18.2 Å². The lowest BCUT2D eigenvalue weighted by Gasteiger charge is -2.37. The zero-order chi connectivity index (χ0) is 18.0. The second-order valence-electron chi connectivity index (χ2n) is 5.96. The van der Waals surface area contributed by atoms with E-state index in [1.54, 1.807) is 0 Å². The van der Waals surface area contributed by atoms with Gasteiger partial charge in [-0.2, -0.15) is 0 Å². The average Bonchev–Trinajstić information content (AvgIpc) is 2.61. The molecular formula is C20H20N2O2S. The first-order valence-electron chi connectivity index (χ1n) is 8.04. The molecule has 1 heterocycles. The summed E-state index contributed by atoms with van der Waals surface area (Å²) < 4.78 is 5.05. The highest BCUT2D eigenvalue weighted by molar-refractivity contribution is 7.80. The minimum absolute atomic E-state index is 0.331. The molecule has 128 valence electrons. The van der Waals surface area contributed by atoms with Crippen LogP contribution in [0.25, 0.3) is 0 Å². The van der Waals surface area contributed by atoms with Crippen molar-refractivity contribution in [1.29, 1.82) is 0 Å². The van der Waals surface area contributed by atoms with Gasteiger partial charge in [-0.1, -0.05) is 42.5 Å². The van der Waals surface area contributed by atoms with Crippen LogP contribution in [0.4, 0.5) is 5.69 Å². The first-order valence-corrected chi connectivity index (χ1v) is 8.45. The number of methoxy groups -OCH3 is 1. The number of hydrogen-bond donors (Lipinski definition) is 1. The maximum atomic E-state index is 12.5. The Balaban J connectivity index is 2.14. The quantitative estimate of drug-likeness (QED) is 0.671. The van der Waals surface area contributed by atoms with E-state index in [2.05, 4.69) is 5.32 Å². The molecule has 0 bridgehead atoms. The number of esters is 1. The molecule has 0 aliphatic carbocycles. The van der Waals surface area contributed by atoms with E-state index in [1.807, 2.05) is 73.3 Å². The minimum Gasteiger partial charge on any atom is -0.466 e. The summed E-state index contributed by atoms with van der Waals surface area (Å²) in [6.45, 7) is 3.93. The summed E-state index contributed by atoms with van der Waals surface area (Å²) in [7, 11) is 1.40. The van der Waals surface area contributed by atoms with Crippen molar-refractivity contribution in [3.8, 4) is 0 Å². The standard InChI is InChI=1S/C20H20N2O2S/c1-13-8-7-11-16(12-13)22-14(2)17(19(23)24-3)18(21-20(22)25)15-9-5-4-6-10-15/h4-12,18H,1-3H3,(H,21,25)/t18-/m0/s1. The smallest absolute Gasteiger partial charge is 0.337 e. The van der Waals surface area contributed by atoms with Crippen molar-refractivity contribution >= 4 is 29.0 Å². The van der Waals surface area contributed by atoms with Gasteiger partial charge in [0, 0.05) is 11.4 Å². The number of anilines is 1. The minimum atomic E-state index is -0.362. The predicted molar refractivity (Wildman–Crippen MR) is 103 cm³/mol. The largest absolute Gasteiger partial charge is 0.466 e. The van der Waals surface area contributed by atoms with Gasteiger partial charge in [0.05, 0.1) is 18.7 Å². The van der Waals surface area contributed by atoms with Crippen LogP contribution in [0.15, 0.2) is 65.9 Å². The lowest BCUT2D eigenvalue weighted by atomic mass is 9.95. The Labute approximate surface area is 153 Å². The van der Waals surface area contributed by atoms with E-state index in [0.717, 1.165) is 22.5 Å². The molecule has 2 aromatic rings. The normalized spacial score (nSPS) is 17.3. The molecule has 2 aromatic carbocycles. The molecule has 0 saturated carbocycles. The van der Waals surface area contributed by atoms with Crippen LogP contribution in [0.3, 0.4) is 0 Å². The van der Waals surface area contributed by atoms with Crippen LogP contribution in [0.2, 0.25) is 0 Å². The summed E-state index contributed by atoms with van der Waals surface area (Å²) in [5, 5.41) is 3.85. The summed E-state index contributed by atoms with van der Waals surface area (Å²) in [6, 6.07) is 17.4. The number of benzene rings is 2. The number of carbonyl (C=O) groups excluding carboxylic acids is 1. The fraction of sp³-hybridized carbons (Fsp3) is 0.200. The molecule has 0 saturated heterocycles. The van der Waals surface area contributed by atoms with E-state index < -0.39 is 0 Å². The Morgan fingerprint density at radius 2 is 1.84 bits per heavy atom. The molecule has 1 N–H and O–H groups in total. The number of thiocarbonyl (C=S) groups is 1. The van der Waals surface area contributed by atoms with E-state index in [-0.39, 0.29) is 12.0 Å². The van der Waals surface area contributed by atoms with Gasteiger partial charge in [0.2, 0.25) is 0 Å². The number of ether oxygens (including phenoxy) is 1. The second kappa shape index (κ2) is 7.07. The number of allylic oxidation sites excluding steroid dienone is 1. The molecule has 1 aliphatic heterocycles. The number of nitrogens with one attached hydrogen (secondary N) is 1. The number of hydrogen-bond acceptors (Lipinski definition) is 3. The highest BCUT2D eigenvalue weighted by Crippen LogP contribution is 2.34. The van der Waals surface area contributed by atoms with E-state index in [4.69, 9.17) is 17.0 Å². The maximum Gasteiger partial charge on any atom is 0.337 e. The van der Waals surface area contributed by atoms with Crippen LogP contribution < -0.4 is 10.2 Å². The summed E-state index contributed by atoms with van der Waals surface area (Å²) in [5.74, 6) is -0.362. The molecule has 3 rings (SSSR count). The molecule has 0 spiro atoms. The Hall–Kier alpha value is -2.66. The lowest BCUT2D eigenvalue weighted by molar-refractivity contribution is -0.136. The molecule has 0 fully saturated rings. The number of aryl methyl sites for hydroxylation is 1. The summed E-state index contributed by atoms with van der Waals surface area (Å²) in [5.41, 5.74) is 4.34. The Morgan fingerprint density at radius 3 is 2.48 bits per heavy atom. The molecule has 0 amide bonds. The molecule has 5 heteroatoms. The fourth-order valence-electron chi connectivity index (χ4n) is 3.09. The van der Waals surface area contributed by atoms with Gasteiger partial charge in [-0.3, -0.25) is 4.90 Å². The fourth-order valence-corrected chi connectivity index (χ4v) is 3.45. The molecule has 1 atom stereocenters. The van der Waals surface area contributed by atoms with Crippen LogP contribution in [0.1, 0.15) is 24.1 Å². The average molecular weight is 352 g/mol. The Kier molecular flexibility index (Phi) is 4.86. The van der Waals surface area contributed by atoms with Crippen molar-refractivity contribution < 1.29 is 9.53 Å². The van der Waals surface area contributed by atoms with Gasteiger partial charge in [-0.05, 0) is 49.3 Å². The molecule has 25 heavy (non-hydrogen) atoms. The van der Waals surface area contributed by atoms with Crippen LogP contribution in [0.5, 0.6) is 0 Å². The van der Waals surface area contributed by atoms with E-state index in [0.29, 0.717) is 10.7 Å². The highest BCUT2D eigenvalue weighted by atomic mass is 32.1. The third kappa shape index (κ3) is 3.28. The Bertz CT molecular complexity index is 846. The number of rotatable bonds is 3. The van der Waals surface area contributed by atoms with Crippen molar-refractivity contribution in [3.05, 3.63) is 77.0 Å². The predicted octanol–water partition coefficient (Wildman–Crippen LogP) is 3.88. The first kappa shape index (κ1) is 17.2. The maximum absolute atomic E-state index is 12.5. The van der Waals surface area contributed by atoms with Crippen LogP contribution in [-0.2, 0) is 9.53 Å².